The van der Waals surface area contributed by atoms with Crippen LogP contribution < -0.4 is 10.1 Å². The summed E-state index contributed by atoms with van der Waals surface area (Å²) in [7, 11) is 1.62. The number of hydrogen-bond acceptors (Lipinski definition) is 3. The molecule has 3 amide bonds. The van der Waals surface area contributed by atoms with Crippen LogP contribution in [0, 0.1) is 13.8 Å². The van der Waals surface area contributed by atoms with Crippen LogP contribution in [0.1, 0.15) is 22.3 Å². The van der Waals surface area contributed by atoms with E-state index >= 15 is 0 Å². The topological polar surface area (TPSA) is 61.9 Å². The molecule has 1 aliphatic rings. The van der Waals surface area contributed by atoms with Crippen LogP contribution >= 0.6 is 0 Å². The monoisotopic (exact) mass is 381 g/mol. The summed E-state index contributed by atoms with van der Waals surface area (Å²) >= 11 is 0. The number of carbonyl (C=O) groups excluding carboxylic acids is 2. The van der Waals surface area contributed by atoms with E-state index in [4.69, 9.17) is 4.74 Å². The van der Waals surface area contributed by atoms with Crippen LogP contribution in [0.2, 0.25) is 0 Å². The first-order valence-corrected chi connectivity index (χ1v) is 9.46. The largest absolute Gasteiger partial charge is 0.497 e. The zero-order chi connectivity index (χ0) is 20.1. The summed E-state index contributed by atoms with van der Waals surface area (Å²) in [5.41, 5.74) is 4.45. The van der Waals surface area contributed by atoms with Gasteiger partial charge in [-0.1, -0.05) is 35.9 Å². The van der Waals surface area contributed by atoms with Crippen molar-refractivity contribution in [2.24, 2.45) is 0 Å². The minimum absolute atomic E-state index is 0.0456. The maximum atomic E-state index is 12.5. The van der Waals surface area contributed by atoms with Gasteiger partial charge < -0.3 is 19.9 Å². The van der Waals surface area contributed by atoms with Crippen LogP contribution in [0.15, 0.2) is 42.5 Å². The summed E-state index contributed by atoms with van der Waals surface area (Å²) in [6.07, 6.45) is 0. The summed E-state index contributed by atoms with van der Waals surface area (Å²) in [5.74, 6) is 0.727. The van der Waals surface area contributed by atoms with Gasteiger partial charge in [0.25, 0.3) is 0 Å². The van der Waals surface area contributed by atoms with Gasteiger partial charge in [-0.05, 0) is 42.7 Å². The SMILES string of the molecule is COc1cccc(CN2CCN(C(=O)NCc3ccc(C)cc3C)CC2=O)c1. The van der Waals surface area contributed by atoms with Crippen LogP contribution in [0.25, 0.3) is 0 Å². The van der Waals surface area contributed by atoms with Gasteiger partial charge in [-0.15, -0.1) is 0 Å². The molecule has 6 heteroatoms. The van der Waals surface area contributed by atoms with Crippen LogP contribution in [-0.4, -0.2) is 48.5 Å². The quantitative estimate of drug-likeness (QED) is 0.866. The Labute approximate surface area is 166 Å². The van der Waals surface area contributed by atoms with Crippen LogP contribution in [0.4, 0.5) is 4.79 Å². The Morgan fingerprint density at radius 1 is 1.14 bits per heavy atom. The van der Waals surface area contributed by atoms with Crippen molar-refractivity contribution in [2.45, 2.75) is 26.9 Å². The lowest BCUT2D eigenvalue weighted by Gasteiger charge is -2.34. The Hall–Kier alpha value is -3.02. The number of hydrogen-bond donors (Lipinski definition) is 1. The molecule has 1 heterocycles. The summed E-state index contributed by atoms with van der Waals surface area (Å²) < 4.78 is 5.23. The van der Waals surface area contributed by atoms with Crippen molar-refractivity contribution >= 4 is 11.9 Å². The zero-order valence-corrected chi connectivity index (χ0v) is 16.7. The molecular formula is C22H27N3O3. The number of piperazine rings is 1. The molecule has 148 valence electrons. The van der Waals surface area contributed by atoms with E-state index in [0.717, 1.165) is 22.4 Å². The Kier molecular flexibility index (Phi) is 6.19. The number of methoxy groups -OCH3 is 1. The van der Waals surface area contributed by atoms with Gasteiger partial charge in [-0.2, -0.15) is 0 Å². The van der Waals surface area contributed by atoms with E-state index in [1.54, 1.807) is 16.9 Å². The number of aryl methyl sites for hydroxylation is 2. The lowest BCUT2D eigenvalue weighted by atomic mass is 10.1. The Balaban J connectivity index is 1.52. The van der Waals surface area contributed by atoms with Gasteiger partial charge >= 0.3 is 6.03 Å². The van der Waals surface area contributed by atoms with Crippen molar-refractivity contribution in [2.75, 3.05) is 26.7 Å². The van der Waals surface area contributed by atoms with E-state index in [0.29, 0.717) is 26.2 Å². The Morgan fingerprint density at radius 2 is 1.96 bits per heavy atom. The number of benzene rings is 2. The van der Waals surface area contributed by atoms with E-state index < -0.39 is 0 Å². The average Bonchev–Trinajstić information content (AvgIpc) is 2.69. The first kappa shape index (κ1) is 19.7. The van der Waals surface area contributed by atoms with Crippen molar-refractivity contribution in [1.29, 1.82) is 0 Å². The number of amides is 3. The predicted octanol–water partition coefficient (Wildman–Crippen LogP) is 2.87. The first-order chi connectivity index (χ1) is 13.5. The highest BCUT2D eigenvalue weighted by molar-refractivity contribution is 5.85. The molecule has 0 spiro atoms. The van der Waals surface area contributed by atoms with Gasteiger partial charge in [0.15, 0.2) is 0 Å². The number of ether oxygens (including phenoxy) is 1. The number of rotatable bonds is 5. The lowest BCUT2D eigenvalue weighted by molar-refractivity contribution is -0.135. The van der Waals surface area contributed by atoms with Crippen molar-refractivity contribution in [3.63, 3.8) is 0 Å². The first-order valence-electron chi connectivity index (χ1n) is 9.46. The van der Waals surface area contributed by atoms with Crippen molar-refractivity contribution in [3.8, 4) is 5.75 Å². The predicted molar refractivity (Wildman–Crippen MR) is 108 cm³/mol. The number of nitrogens with zero attached hydrogens (tertiary/aromatic N) is 2. The molecular weight excluding hydrogens is 354 g/mol. The Bertz CT molecular complexity index is 866. The molecule has 0 unspecified atom stereocenters. The maximum absolute atomic E-state index is 12.5. The zero-order valence-electron chi connectivity index (χ0n) is 16.7. The number of nitrogens with one attached hydrogen (secondary N) is 1. The van der Waals surface area contributed by atoms with Gasteiger partial charge in [0.1, 0.15) is 12.3 Å². The van der Waals surface area contributed by atoms with E-state index in [1.807, 2.05) is 50.2 Å². The molecule has 0 radical (unpaired) electrons. The lowest BCUT2D eigenvalue weighted by Crippen LogP contribution is -2.54. The molecule has 2 aromatic carbocycles. The normalized spacial score (nSPS) is 14.2. The van der Waals surface area contributed by atoms with E-state index in [2.05, 4.69) is 11.4 Å². The van der Waals surface area contributed by atoms with Gasteiger partial charge in [0, 0.05) is 26.2 Å². The highest BCUT2D eigenvalue weighted by Gasteiger charge is 2.27. The van der Waals surface area contributed by atoms with Crippen molar-refractivity contribution < 1.29 is 14.3 Å². The van der Waals surface area contributed by atoms with Crippen LogP contribution in [-0.2, 0) is 17.9 Å². The van der Waals surface area contributed by atoms with Gasteiger partial charge in [-0.25, -0.2) is 4.79 Å². The molecule has 0 aliphatic carbocycles. The highest BCUT2D eigenvalue weighted by Crippen LogP contribution is 2.16. The third-order valence-corrected chi connectivity index (χ3v) is 5.04. The van der Waals surface area contributed by atoms with Gasteiger partial charge in [0.2, 0.25) is 5.91 Å². The number of carbonyl (C=O) groups is 2. The van der Waals surface area contributed by atoms with Crippen LogP contribution in [0.5, 0.6) is 5.75 Å². The molecule has 1 aliphatic heterocycles. The molecule has 1 fully saturated rings. The third kappa shape index (κ3) is 4.82. The fourth-order valence-electron chi connectivity index (χ4n) is 3.37. The second-order valence-electron chi connectivity index (χ2n) is 7.18. The molecule has 0 aromatic heterocycles. The van der Waals surface area contributed by atoms with Gasteiger partial charge in [-0.3, -0.25) is 4.79 Å². The fourth-order valence-corrected chi connectivity index (χ4v) is 3.37. The standard InChI is InChI=1S/C22H27N3O3/c1-16-7-8-19(17(2)11-16)13-23-22(27)25-10-9-24(21(26)15-25)14-18-5-4-6-20(12-18)28-3/h4-8,11-12H,9-10,13-15H2,1-3H3,(H,23,27). The molecule has 6 nitrogen and oxygen atoms in total. The summed E-state index contributed by atoms with van der Waals surface area (Å²) in [6.45, 7) is 6.21. The summed E-state index contributed by atoms with van der Waals surface area (Å²) in [4.78, 5) is 28.3. The molecule has 0 saturated carbocycles. The minimum atomic E-state index is -0.200. The van der Waals surface area contributed by atoms with E-state index in [9.17, 15) is 9.59 Å². The highest BCUT2D eigenvalue weighted by atomic mass is 16.5. The molecule has 28 heavy (non-hydrogen) atoms. The Morgan fingerprint density at radius 3 is 2.68 bits per heavy atom. The summed E-state index contributed by atoms with van der Waals surface area (Å²) in [6, 6.07) is 13.7. The molecule has 3 rings (SSSR count). The molecule has 0 atom stereocenters. The van der Waals surface area contributed by atoms with E-state index in [1.165, 1.54) is 5.56 Å². The minimum Gasteiger partial charge on any atom is -0.497 e. The number of urea groups is 1. The van der Waals surface area contributed by atoms with E-state index in [-0.39, 0.29) is 18.5 Å². The smallest absolute Gasteiger partial charge is 0.318 e. The second kappa shape index (κ2) is 8.78. The van der Waals surface area contributed by atoms with Crippen LogP contribution in [0.3, 0.4) is 0 Å². The second-order valence-corrected chi connectivity index (χ2v) is 7.18. The molecule has 2 aromatic rings. The molecule has 1 saturated heterocycles. The third-order valence-electron chi connectivity index (χ3n) is 5.04. The maximum Gasteiger partial charge on any atom is 0.318 e. The van der Waals surface area contributed by atoms with Crippen molar-refractivity contribution in [3.05, 3.63) is 64.7 Å². The average molecular weight is 381 g/mol. The summed E-state index contributed by atoms with van der Waals surface area (Å²) in [5, 5.41) is 2.93. The molecule has 1 N–H and O–H groups in total. The fraction of sp³-hybridized carbons (Fsp3) is 0.364. The van der Waals surface area contributed by atoms with Gasteiger partial charge in [0.05, 0.1) is 7.11 Å². The van der Waals surface area contributed by atoms with Crippen molar-refractivity contribution in [1.82, 2.24) is 15.1 Å². The molecule has 0 bridgehead atoms.